The van der Waals surface area contributed by atoms with Gasteiger partial charge in [-0.2, -0.15) is 0 Å². The molecule has 3 aromatic rings. The molecule has 0 saturated carbocycles. The standard InChI is InChI=1S/3C6H6N2O2.3C6H10O7.Mo/c3*9-6(10)2-1-5-3-7-4-8-5;3*7-1-2(8)3(9)4(10)5(11)6(12)13;/h3*1-4H,(H,7,8)(H,9,10);3*1-5,8-11H,(H,12,13);/p-6/t;;;3*2-,3+,4-,5-;/m...000./s1. The summed E-state index contributed by atoms with van der Waals surface area (Å²) in [6, 6.07) is 0. The number of carbonyl (C=O) groups is 9. The van der Waals surface area contributed by atoms with E-state index in [-0.39, 0.29) is 39.9 Å². The largest absolute Gasteiger partial charge is 0.547 e. The summed E-state index contributed by atoms with van der Waals surface area (Å²) >= 11 is 0. The van der Waals surface area contributed by atoms with Gasteiger partial charge in [-0.3, -0.25) is 0 Å². The first kappa shape index (κ1) is 69.5. The smallest absolute Gasteiger partial charge is 0.151 e. The van der Waals surface area contributed by atoms with Gasteiger partial charge in [-0.05, 0) is 36.5 Å². The minimum atomic E-state index is -2.36. The molecular formula is C36H42MoN6O27-6. The molecule has 33 nitrogen and oxygen atoms in total. The predicted molar refractivity (Wildman–Crippen MR) is 203 cm³/mol. The first-order valence-corrected chi connectivity index (χ1v) is 17.9. The number of aliphatic hydroxyl groups excluding tert-OH is 12. The molecule has 70 heavy (non-hydrogen) atoms. The first-order chi connectivity index (χ1) is 32.1. The van der Waals surface area contributed by atoms with Crippen molar-refractivity contribution in [3.63, 3.8) is 0 Å². The van der Waals surface area contributed by atoms with E-state index in [1.165, 1.54) is 55.8 Å². The fourth-order valence-corrected chi connectivity index (χ4v) is 3.37. The monoisotopic (exact) mass is 1090 g/mol. The van der Waals surface area contributed by atoms with Gasteiger partial charge in [0.2, 0.25) is 0 Å². The number of H-pyrrole nitrogens is 3. The van der Waals surface area contributed by atoms with Gasteiger partial charge in [0.25, 0.3) is 0 Å². The van der Waals surface area contributed by atoms with Gasteiger partial charge in [-0.15, -0.1) is 0 Å². The van der Waals surface area contributed by atoms with Gasteiger partial charge in [-0.1, -0.05) is 0 Å². The number of carboxylic acid groups (broad SMARTS) is 6. The molecule has 3 aromatic heterocycles. The van der Waals surface area contributed by atoms with Gasteiger partial charge in [-0.25, -0.2) is 15.0 Å². The molecule has 3 rings (SSSR count). The molecule has 0 aliphatic heterocycles. The number of aliphatic hydroxyl groups is 12. The molecule has 0 unspecified atom stereocenters. The number of nitrogens with one attached hydrogen (secondary N) is 3. The van der Waals surface area contributed by atoms with Gasteiger partial charge in [0.15, 0.2) is 18.9 Å². The number of carboxylic acids is 6. The van der Waals surface area contributed by atoms with Gasteiger partial charge >= 0.3 is 0 Å². The van der Waals surface area contributed by atoms with Crippen LogP contribution in [0.1, 0.15) is 17.1 Å². The van der Waals surface area contributed by atoms with Crippen LogP contribution in [0.25, 0.3) is 18.2 Å². The van der Waals surface area contributed by atoms with E-state index in [0.717, 1.165) is 18.2 Å². The van der Waals surface area contributed by atoms with Crippen molar-refractivity contribution in [2.75, 3.05) is 0 Å². The number of aromatic amines is 3. The van der Waals surface area contributed by atoms with Crippen LogP contribution in [0.4, 0.5) is 0 Å². The molecule has 0 spiro atoms. The topological polar surface area (TPSA) is 621 Å². The van der Waals surface area contributed by atoms with Gasteiger partial charge in [0.05, 0.1) is 90.5 Å². The van der Waals surface area contributed by atoms with Crippen LogP contribution >= 0.6 is 0 Å². The maximum absolute atomic E-state index is 9.95. The molecule has 0 radical (unpaired) electrons. The zero-order valence-corrected chi connectivity index (χ0v) is 36.8. The van der Waals surface area contributed by atoms with E-state index >= 15 is 0 Å². The Kier molecular flexibility index (Phi) is 38.5. The van der Waals surface area contributed by atoms with Crippen molar-refractivity contribution >= 4 is 72.9 Å². The van der Waals surface area contributed by atoms with E-state index in [1.54, 1.807) is 0 Å². The second-order valence-corrected chi connectivity index (χ2v) is 12.1. The SMILES string of the molecule is O=C([O-])C=Cc1cnc[nH]1.O=C([O-])C=Cc1cnc[nH]1.O=C([O-])C=Cc1cnc[nH]1.O=C[C@H](O)[C@@H](O)[C@H](O)[C@H](O)C(=O)[O-].O=C[C@H](O)[C@@H](O)[C@H](O)[C@H](O)C(=O)[O-].O=C[C@H](O)[C@@H](O)[C@H](O)[C@H](O)C(=O)[O-].[Mo]. The van der Waals surface area contributed by atoms with Crippen molar-refractivity contribution in [3.8, 4) is 0 Å². The minimum Gasteiger partial charge on any atom is -0.547 e. The Labute approximate surface area is 404 Å². The van der Waals surface area contributed by atoms with E-state index in [2.05, 4.69) is 29.9 Å². The number of aromatic nitrogens is 6. The summed E-state index contributed by atoms with van der Waals surface area (Å²) in [6.45, 7) is 0. The summed E-state index contributed by atoms with van der Waals surface area (Å²) in [4.78, 5) is 108. The Morgan fingerprint density at radius 1 is 0.400 bits per heavy atom. The van der Waals surface area contributed by atoms with E-state index < -0.39 is 109 Å². The Hall–Kier alpha value is -7.11. The molecule has 0 aromatic carbocycles. The van der Waals surface area contributed by atoms with Crippen LogP contribution in [0.2, 0.25) is 0 Å². The van der Waals surface area contributed by atoms with Crippen molar-refractivity contribution in [1.29, 1.82) is 0 Å². The minimum absolute atomic E-state index is 0. The third-order valence-corrected chi connectivity index (χ3v) is 6.97. The quantitative estimate of drug-likeness (QED) is 0.0268. The molecule has 12 atom stereocenters. The molecule has 34 heteroatoms. The van der Waals surface area contributed by atoms with Crippen LogP contribution in [-0.2, 0) is 64.2 Å². The summed E-state index contributed by atoms with van der Waals surface area (Å²) in [6.07, 6.45) is -10.1. The zero-order valence-electron chi connectivity index (χ0n) is 34.8. The number of imidazole rings is 3. The molecule has 0 bridgehead atoms. The molecule has 0 aliphatic rings. The predicted octanol–water partition coefficient (Wildman–Crippen LogP) is -16.3. The van der Waals surface area contributed by atoms with Crippen LogP contribution in [-0.4, -0.2) is 219 Å². The summed E-state index contributed by atoms with van der Waals surface area (Å²) in [5.74, 6) is -9.67. The Morgan fingerprint density at radius 3 is 0.729 bits per heavy atom. The van der Waals surface area contributed by atoms with Gasteiger partial charge in [0, 0.05) is 21.1 Å². The Balaban J connectivity index is -0.000000373. The number of rotatable bonds is 21. The molecule has 15 N–H and O–H groups in total. The molecule has 3 heterocycles. The zero-order chi connectivity index (χ0) is 54.0. The van der Waals surface area contributed by atoms with Crippen molar-refractivity contribution in [3.05, 3.63) is 72.9 Å². The van der Waals surface area contributed by atoms with Crippen LogP contribution in [0.3, 0.4) is 0 Å². The van der Waals surface area contributed by atoms with Crippen LogP contribution in [0.5, 0.6) is 0 Å². The van der Waals surface area contributed by atoms with Gasteiger partial charge in [0.1, 0.15) is 73.2 Å². The molecular weight excluding hydrogens is 1040 g/mol. The molecule has 0 aliphatic carbocycles. The first-order valence-electron chi connectivity index (χ1n) is 17.9. The second-order valence-electron chi connectivity index (χ2n) is 12.1. The van der Waals surface area contributed by atoms with E-state index in [1.807, 2.05) is 0 Å². The fraction of sp³-hybridized carbons (Fsp3) is 0.333. The summed E-state index contributed by atoms with van der Waals surface area (Å²) in [5.41, 5.74) is 1.93. The van der Waals surface area contributed by atoms with Crippen LogP contribution in [0.15, 0.2) is 55.8 Å². The normalized spacial score (nSPS) is 15.6. The number of hydrogen-bond acceptors (Lipinski definition) is 30. The number of carbonyl (C=O) groups excluding carboxylic acids is 9. The molecule has 0 amide bonds. The number of hydrogen-bond donors (Lipinski definition) is 15. The number of aliphatic carboxylic acids is 6. The number of nitrogens with zero attached hydrogens (tertiary/aromatic N) is 3. The number of aldehydes is 3. The van der Waals surface area contributed by atoms with Crippen LogP contribution in [0, 0.1) is 0 Å². The second kappa shape index (κ2) is 38.8. The maximum Gasteiger partial charge on any atom is 0.151 e. The average Bonchev–Trinajstić information content (AvgIpc) is 4.16. The van der Waals surface area contributed by atoms with Crippen molar-refractivity contribution < 1.29 is 156 Å². The third kappa shape index (κ3) is 31.8. The Bertz CT molecular complexity index is 1820. The van der Waals surface area contributed by atoms with Crippen molar-refractivity contribution in [2.24, 2.45) is 0 Å². The molecule has 390 valence electrons. The van der Waals surface area contributed by atoms with Crippen molar-refractivity contribution in [1.82, 2.24) is 29.9 Å². The van der Waals surface area contributed by atoms with E-state index in [0.29, 0.717) is 17.1 Å². The molecule has 0 fully saturated rings. The average molecular weight is 1090 g/mol. The van der Waals surface area contributed by atoms with Gasteiger partial charge < -0.3 is 150 Å². The molecule has 0 saturated heterocycles. The summed E-state index contributed by atoms with van der Waals surface area (Å²) < 4.78 is 0. The van der Waals surface area contributed by atoms with Crippen LogP contribution < -0.4 is 30.6 Å². The van der Waals surface area contributed by atoms with Crippen molar-refractivity contribution in [2.45, 2.75) is 73.2 Å². The van der Waals surface area contributed by atoms with E-state index in [9.17, 15) is 73.8 Å². The fourth-order valence-electron chi connectivity index (χ4n) is 3.37. The Morgan fingerprint density at radius 2 is 0.600 bits per heavy atom. The third-order valence-electron chi connectivity index (χ3n) is 6.97. The van der Waals surface area contributed by atoms with E-state index in [4.69, 9.17) is 61.3 Å². The summed E-state index contributed by atoms with van der Waals surface area (Å²) in [7, 11) is 0. The summed E-state index contributed by atoms with van der Waals surface area (Å²) in [5, 5.41) is 164. The maximum atomic E-state index is 9.95.